The number of hydrogen-bond donors (Lipinski definition) is 1. The van der Waals surface area contributed by atoms with Gasteiger partial charge in [0.15, 0.2) is 5.82 Å². The second-order valence-electron chi connectivity index (χ2n) is 6.26. The summed E-state index contributed by atoms with van der Waals surface area (Å²) in [4.78, 5) is 20.3. The fraction of sp³-hybridized carbons (Fsp3) is 0.0909. The summed E-state index contributed by atoms with van der Waals surface area (Å²) >= 11 is 0. The summed E-state index contributed by atoms with van der Waals surface area (Å²) in [5, 5.41) is 0.997. The van der Waals surface area contributed by atoms with Gasteiger partial charge in [-0.1, -0.05) is 30.3 Å². The van der Waals surface area contributed by atoms with Crippen molar-refractivity contribution in [1.29, 1.82) is 0 Å². The number of aryl methyl sites for hydroxylation is 1. The van der Waals surface area contributed by atoms with E-state index >= 15 is 0 Å². The zero-order chi connectivity index (χ0) is 18.8. The summed E-state index contributed by atoms with van der Waals surface area (Å²) in [7, 11) is 3.46. The molecular formula is C22H19N3O2. The standard InChI is InChI=1S/C22H19N3O2/c1-25-11-10-23-22(25)21(26)13-17(15-6-4-3-5-7-15)19-14-24-20-9-8-16(27-2)12-18(19)20/h3-14,24H,1-2H3/b17-13+. The lowest BCUT2D eigenvalue weighted by Crippen LogP contribution is -2.05. The Hall–Kier alpha value is -3.60. The highest BCUT2D eigenvalue weighted by Crippen LogP contribution is 2.32. The largest absolute Gasteiger partial charge is 0.497 e. The highest BCUT2D eigenvalue weighted by atomic mass is 16.5. The molecule has 0 bridgehead atoms. The molecule has 5 heteroatoms. The SMILES string of the molecule is COc1ccc2[nH]cc(/C(=C/C(=O)c3nccn3C)c3ccccc3)c2c1. The summed E-state index contributed by atoms with van der Waals surface area (Å²) in [6.07, 6.45) is 6.97. The van der Waals surface area contributed by atoms with Crippen molar-refractivity contribution in [3.63, 3.8) is 0 Å². The third-order valence-electron chi connectivity index (χ3n) is 4.58. The van der Waals surface area contributed by atoms with E-state index in [9.17, 15) is 4.79 Å². The van der Waals surface area contributed by atoms with Crippen LogP contribution in [0.3, 0.4) is 0 Å². The summed E-state index contributed by atoms with van der Waals surface area (Å²) in [6, 6.07) is 15.7. The van der Waals surface area contributed by atoms with Crippen molar-refractivity contribution in [2.75, 3.05) is 7.11 Å². The van der Waals surface area contributed by atoms with Crippen molar-refractivity contribution in [3.05, 3.63) is 90.1 Å². The summed E-state index contributed by atoms with van der Waals surface area (Å²) in [5.41, 5.74) is 3.72. The molecule has 0 amide bonds. The van der Waals surface area contributed by atoms with Crippen LogP contribution >= 0.6 is 0 Å². The molecule has 134 valence electrons. The van der Waals surface area contributed by atoms with E-state index in [1.54, 1.807) is 30.1 Å². The van der Waals surface area contributed by atoms with Crippen molar-refractivity contribution in [2.45, 2.75) is 0 Å². The van der Waals surface area contributed by atoms with Gasteiger partial charge in [0, 0.05) is 42.1 Å². The summed E-state index contributed by atoms with van der Waals surface area (Å²) in [5.74, 6) is 1.03. The highest BCUT2D eigenvalue weighted by molar-refractivity contribution is 6.10. The number of ketones is 1. The number of nitrogens with one attached hydrogen (secondary N) is 1. The second kappa shape index (κ2) is 6.96. The van der Waals surface area contributed by atoms with Crippen LogP contribution in [0.15, 0.2) is 73.2 Å². The van der Waals surface area contributed by atoms with E-state index in [1.807, 2.05) is 61.8 Å². The summed E-state index contributed by atoms with van der Waals surface area (Å²) in [6.45, 7) is 0. The molecule has 5 nitrogen and oxygen atoms in total. The number of benzene rings is 2. The lowest BCUT2D eigenvalue weighted by molar-refractivity contribution is 0.103. The quantitative estimate of drug-likeness (QED) is 0.430. The van der Waals surface area contributed by atoms with Crippen molar-refractivity contribution in [2.24, 2.45) is 7.05 Å². The maximum Gasteiger partial charge on any atom is 0.221 e. The van der Waals surface area contributed by atoms with Crippen LogP contribution in [0.25, 0.3) is 16.5 Å². The number of nitrogens with zero attached hydrogens (tertiary/aromatic N) is 2. The number of methoxy groups -OCH3 is 1. The van der Waals surface area contributed by atoms with Crippen molar-refractivity contribution < 1.29 is 9.53 Å². The van der Waals surface area contributed by atoms with Crippen LogP contribution in [-0.4, -0.2) is 27.4 Å². The van der Waals surface area contributed by atoms with Gasteiger partial charge < -0.3 is 14.3 Å². The second-order valence-corrected chi connectivity index (χ2v) is 6.26. The number of aromatic amines is 1. The molecular weight excluding hydrogens is 338 g/mol. The van der Waals surface area contributed by atoms with E-state index in [4.69, 9.17) is 4.74 Å². The number of carbonyl (C=O) groups excluding carboxylic acids is 1. The Labute approximate surface area is 156 Å². The Kier molecular flexibility index (Phi) is 4.34. The van der Waals surface area contributed by atoms with Gasteiger partial charge in [-0.05, 0) is 35.4 Å². The molecule has 0 saturated heterocycles. The fourth-order valence-electron chi connectivity index (χ4n) is 3.18. The van der Waals surface area contributed by atoms with Gasteiger partial charge in [0.2, 0.25) is 5.78 Å². The molecule has 0 unspecified atom stereocenters. The Morgan fingerprint density at radius 3 is 2.70 bits per heavy atom. The van der Waals surface area contributed by atoms with E-state index in [1.165, 1.54) is 0 Å². The molecule has 0 saturated carbocycles. The zero-order valence-corrected chi connectivity index (χ0v) is 15.1. The Bertz CT molecular complexity index is 1140. The third kappa shape index (κ3) is 3.15. The topological polar surface area (TPSA) is 59.9 Å². The molecule has 2 aromatic heterocycles. The van der Waals surface area contributed by atoms with Gasteiger partial charge in [-0.15, -0.1) is 0 Å². The van der Waals surface area contributed by atoms with Crippen molar-refractivity contribution in [1.82, 2.24) is 14.5 Å². The number of H-pyrrole nitrogens is 1. The van der Waals surface area contributed by atoms with Crippen molar-refractivity contribution in [3.8, 4) is 5.75 Å². The molecule has 1 N–H and O–H groups in total. The minimum atomic E-state index is -0.140. The average Bonchev–Trinajstić information content (AvgIpc) is 3.32. The minimum Gasteiger partial charge on any atom is -0.497 e. The zero-order valence-electron chi connectivity index (χ0n) is 15.1. The Morgan fingerprint density at radius 1 is 1.19 bits per heavy atom. The molecule has 0 aliphatic carbocycles. The Morgan fingerprint density at radius 2 is 2.00 bits per heavy atom. The maximum absolute atomic E-state index is 12.9. The van der Waals surface area contributed by atoms with Gasteiger partial charge in [0.25, 0.3) is 0 Å². The van der Waals surface area contributed by atoms with Gasteiger partial charge in [-0.3, -0.25) is 4.79 Å². The first kappa shape index (κ1) is 16.8. The van der Waals surface area contributed by atoms with Crippen LogP contribution in [0.4, 0.5) is 0 Å². The first-order valence-electron chi connectivity index (χ1n) is 8.61. The predicted octanol–water partition coefficient (Wildman–Crippen LogP) is 4.22. The van der Waals surface area contributed by atoms with E-state index < -0.39 is 0 Å². The number of ether oxygens (including phenoxy) is 1. The van der Waals surface area contributed by atoms with Crippen LogP contribution in [0.1, 0.15) is 21.7 Å². The first-order valence-corrected chi connectivity index (χ1v) is 8.61. The molecule has 2 heterocycles. The smallest absolute Gasteiger partial charge is 0.221 e. The number of fused-ring (bicyclic) bond motifs is 1. The van der Waals surface area contributed by atoms with Crippen LogP contribution < -0.4 is 4.74 Å². The number of rotatable bonds is 5. The van der Waals surface area contributed by atoms with Gasteiger partial charge in [0.1, 0.15) is 5.75 Å². The molecule has 0 radical (unpaired) electrons. The average molecular weight is 357 g/mol. The minimum absolute atomic E-state index is 0.140. The van der Waals surface area contributed by atoms with E-state index in [0.29, 0.717) is 5.82 Å². The van der Waals surface area contributed by atoms with Crippen LogP contribution in [0.5, 0.6) is 5.75 Å². The number of imidazole rings is 1. The Balaban J connectivity index is 1.91. The molecule has 2 aromatic carbocycles. The molecule has 0 aliphatic heterocycles. The van der Waals surface area contributed by atoms with E-state index in [0.717, 1.165) is 33.4 Å². The molecule has 0 fully saturated rings. The van der Waals surface area contributed by atoms with Crippen LogP contribution in [0, 0.1) is 0 Å². The molecule has 4 rings (SSSR count). The number of aromatic nitrogens is 3. The number of carbonyl (C=O) groups is 1. The van der Waals surface area contributed by atoms with Gasteiger partial charge in [0.05, 0.1) is 7.11 Å². The number of hydrogen-bond acceptors (Lipinski definition) is 3. The normalized spacial score (nSPS) is 11.7. The lowest BCUT2D eigenvalue weighted by atomic mass is 9.96. The predicted molar refractivity (Wildman–Crippen MR) is 106 cm³/mol. The maximum atomic E-state index is 12.9. The van der Waals surface area contributed by atoms with Gasteiger partial charge >= 0.3 is 0 Å². The van der Waals surface area contributed by atoms with Crippen LogP contribution in [-0.2, 0) is 7.05 Å². The van der Waals surface area contributed by atoms with Crippen molar-refractivity contribution >= 4 is 22.3 Å². The molecule has 0 spiro atoms. The molecule has 27 heavy (non-hydrogen) atoms. The molecule has 4 aromatic rings. The lowest BCUT2D eigenvalue weighted by Gasteiger charge is -2.08. The van der Waals surface area contributed by atoms with E-state index in [2.05, 4.69) is 9.97 Å². The summed E-state index contributed by atoms with van der Waals surface area (Å²) < 4.78 is 7.10. The van der Waals surface area contributed by atoms with Gasteiger partial charge in [-0.25, -0.2) is 4.98 Å². The number of allylic oxidation sites excluding steroid dienone is 1. The molecule has 0 aliphatic rings. The van der Waals surface area contributed by atoms with E-state index in [-0.39, 0.29) is 5.78 Å². The molecule has 0 atom stereocenters. The first-order chi connectivity index (χ1) is 13.2. The monoisotopic (exact) mass is 357 g/mol. The third-order valence-corrected chi connectivity index (χ3v) is 4.58. The highest BCUT2D eigenvalue weighted by Gasteiger charge is 2.16. The van der Waals surface area contributed by atoms with Gasteiger partial charge in [-0.2, -0.15) is 0 Å². The fourth-order valence-corrected chi connectivity index (χ4v) is 3.18. The van der Waals surface area contributed by atoms with Crippen LogP contribution in [0.2, 0.25) is 0 Å².